The summed E-state index contributed by atoms with van der Waals surface area (Å²) in [5.41, 5.74) is -0.607. The molecule has 1 saturated heterocycles. The number of nitrogens with one attached hydrogen (secondary N) is 1. The Labute approximate surface area is 129 Å². The van der Waals surface area contributed by atoms with Crippen molar-refractivity contribution in [1.82, 2.24) is 10.2 Å². The highest BCUT2D eigenvalue weighted by Gasteiger charge is 2.39. The lowest BCUT2D eigenvalue weighted by atomic mass is 9.75. The zero-order valence-electron chi connectivity index (χ0n) is 14.2. The number of esters is 1. The number of rotatable bonds is 5. The number of methoxy groups -OCH3 is 1. The minimum atomic E-state index is -0.607. The van der Waals surface area contributed by atoms with Crippen LogP contribution in [-0.2, 0) is 9.53 Å². The molecule has 1 aliphatic heterocycles. The van der Waals surface area contributed by atoms with Gasteiger partial charge in [-0.05, 0) is 52.0 Å². The summed E-state index contributed by atoms with van der Waals surface area (Å²) in [6.07, 6.45) is 6.87. The molecule has 1 heterocycles. The van der Waals surface area contributed by atoms with Crippen molar-refractivity contribution in [3.8, 4) is 0 Å². The van der Waals surface area contributed by atoms with E-state index in [1.165, 1.54) is 39.2 Å². The van der Waals surface area contributed by atoms with E-state index in [9.17, 15) is 4.79 Å². The first-order chi connectivity index (χ1) is 9.94. The number of carbonyl (C=O) groups is 1. The van der Waals surface area contributed by atoms with Crippen LogP contribution in [0.3, 0.4) is 0 Å². The van der Waals surface area contributed by atoms with Crippen LogP contribution in [0.4, 0.5) is 0 Å². The van der Waals surface area contributed by atoms with Gasteiger partial charge >= 0.3 is 5.97 Å². The zero-order chi connectivity index (χ0) is 15.5. The number of carbonyl (C=O) groups excluding carboxylic acids is 1. The Morgan fingerprint density at radius 3 is 2.57 bits per heavy atom. The Morgan fingerprint density at radius 1 is 1.29 bits per heavy atom. The summed E-state index contributed by atoms with van der Waals surface area (Å²) in [5.74, 6) is 1.62. The lowest BCUT2D eigenvalue weighted by Gasteiger charge is -2.44. The first kappa shape index (κ1) is 16.8. The molecule has 0 bridgehead atoms. The predicted octanol–water partition coefficient (Wildman–Crippen LogP) is 2.43. The lowest BCUT2D eigenvalue weighted by molar-refractivity contribution is -0.149. The van der Waals surface area contributed by atoms with Gasteiger partial charge in [0.2, 0.25) is 0 Å². The summed E-state index contributed by atoms with van der Waals surface area (Å²) in [5, 5.41) is 3.41. The molecule has 2 rings (SSSR count). The molecule has 3 atom stereocenters. The van der Waals surface area contributed by atoms with E-state index in [1.807, 2.05) is 6.92 Å². The predicted molar refractivity (Wildman–Crippen MR) is 85.2 cm³/mol. The average molecular weight is 296 g/mol. The molecule has 4 heteroatoms. The van der Waals surface area contributed by atoms with Gasteiger partial charge in [0.15, 0.2) is 0 Å². The van der Waals surface area contributed by atoms with Gasteiger partial charge in [-0.2, -0.15) is 0 Å². The summed E-state index contributed by atoms with van der Waals surface area (Å²) < 4.78 is 5.04. The molecule has 4 nitrogen and oxygen atoms in total. The maximum absolute atomic E-state index is 12.2. The van der Waals surface area contributed by atoms with E-state index >= 15 is 0 Å². The maximum atomic E-state index is 12.2. The van der Waals surface area contributed by atoms with Gasteiger partial charge in [-0.15, -0.1) is 0 Å². The van der Waals surface area contributed by atoms with E-state index in [-0.39, 0.29) is 12.0 Å². The van der Waals surface area contributed by atoms with Crippen molar-refractivity contribution in [2.75, 3.05) is 26.7 Å². The van der Waals surface area contributed by atoms with Gasteiger partial charge in [0.1, 0.15) is 5.54 Å². The first-order valence-electron chi connectivity index (χ1n) is 8.53. The minimum Gasteiger partial charge on any atom is -0.468 e. The average Bonchev–Trinajstić information content (AvgIpc) is 2.45. The van der Waals surface area contributed by atoms with Crippen molar-refractivity contribution in [3.63, 3.8) is 0 Å². The Hall–Kier alpha value is -0.610. The standard InChI is InChI=1S/C17H32N2O2/c1-13(2)18-17(3,16(20)21-4)12-19-10-9-14-7-5-6-8-15(14)11-19/h13-15,18H,5-12H2,1-4H3. The number of nitrogens with zero attached hydrogens (tertiary/aromatic N) is 1. The highest BCUT2D eigenvalue weighted by Crippen LogP contribution is 2.36. The second-order valence-corrected chi connectivity index (χ2v) is 7.45. The second-order valence-electron chi connectivity index (χ2n) is 7.45. The molecule has 1 N–H and O–H groups in total. The number of piperidine rings is 1. The topological polar surface area (TPSA) is 41.6 Å². The van der Waals surface area contributed by atoms with Crippen LogP contribution in [0, 0.1) is 11.8 Å². The smallest absolute Gasteiger partial charge is 0.327 e. The van der Waals surface area contributed by atoms with Crippen LogP contribution in [0.2, 0.25) is 0 Å². The third-order valence-corrected chi connectivity index (χ3v) is 5.16. The van der Waals surface area contributed by atoms with Gasteiger partial charge in [0.05, 0.1) is 7.11 Å². The fourth-order valence-corrected chi connectivity index (χ4v) is 4.30. The summed E-state index contributed by atoms with van der Waals surface area (Å²) in [6, 6.07) is 0.265. The van der Waals surface area contributed by atoms with Gasteiger partial charge < -0.3 is 9.64 Å². The number of hydrogen-bond donors (Lipinski definition) is 1. The van der Waals surface area contributed by atoms with E-state index in [4.69, 9.17) is 4.74 Å². The molecule has 1 aliphatic carbocycles. The van der Waals surface area contributed by atoms with Gasteiger partial charge in [-0.25, -0.2) is 0 Å². The quantitative estimate of drug-likeness (QED) is 0.791. The normalized spacial score (nSPS) is 29.8. The number of fused-ring (bicyclic) bond motifs is 1. The molecule has 0 aromatic carbocycles. The van der Waals surface area contributed by atoms with E-state index < -0.39 is 5.54 Å². The van der Waals surface area contributed by atoms with E-state index in [0.717, 1.165) is 31.5 Å². The van der Waals surface area contributed by atoms with Gasteiger partial charge in [-0.1, -0.05) is 19.3 Å². The lowest BCUT2D eigenvalue weighted by Crippen LogP contribution is -2.60. The molecule has 0 spiro atoms. The van der Waals surface area contributed by atoms with Crippen LogP contribution in [0.5, 0.6) is 0 Å². The van der Waals surface area contributed by atoms with Crippen LogP contribution in [-0.4, -0.2) is 49.2 Å². The van der Waals surface area contributed by atoms with Crippen LogP contribution in [0.15, 0.2) is 0 Å². The fraction of sp³-hybridized carbons (Fsp3) is 0.941. The van der Waals surface area contributed by atoms with Crippen LogP contribution in [0.1, 0.15) is 52.9 Å². The van der Waals surface area contributed by atoms with Gasteiger partial charge in [0, 0.05) is 19.1 Å². The Morgan fingerprint density at radius 2 is 1.95 bits per heavy atom. The number of ether oxygens (including phenoxy) is 1. The molecule has 3 unspecified atom stereocenters. The Bertz CT molecular complexity index is 359. The molecular weight excluding hydrogens is 264 g/mol. The third kappa shape index (κ3) is 4.19. The van der Waals surface area contributed by atoms with E-state index in [2.05, 4.69) is 24.1 Å². The Balaban J connectivity index is 1.98. The molecule has 2 aliphatic rings. The summed E-state index contributed by atoms with van der Waals surface area (Å²) in [7, 11) is 1.48. The summed E-state index contributed by atoms with van der Waals surface area (Å²) >= 11 is 0. The second kappa shape index (κ2) is 7.10. The van der Waals surface area contributed by atoms with E-state index in [1.54, 1.807) is 0 Å². The summed E-state index contributed by atoms with van der Waals surface area (Å²) in [4.78, 5) is 14.7. The molecule has 0 aromatic rings. The largest absolute Gasteiger partial charge is 0.468 e. The zero-order valence-corrected chi connectivity index (χ0v) is 14.2. The van der Waals surface area contributed by atoms with Crippen molar-refractivity contribution in [1.29, 1.82) is 0 Å². The van der Waals surface area contributed by atoms with Gasteiger partial charge in [0.25, 0.3) is 0 Å². The van der Waals surface area contributed by atoms with Crippen LogP contribution < -0.4 is 5.32 Å². The number of likely N-dealkylation sites (tertiary alicyclic amines) is 1. The Kier molecular flexibility index (Phi) is 5.67. The molecule has 0 amide bonds. The van der Waals surface area contributed by atoms with Crippen molar-refractivity contribution in [2.45, 2.75) is 64.5 Å². The molecule has 122 valence electrons. The molecule has 2 fully saturated rings. The van der Waals surface area contributed by atoms with Crippen LogP contribution >= 0.6 is 0 Å². The van der Waals surface area contributed by atoms with Crippen molar-refractivity contribution >= 4 is 5.97 Å². The highest BCUT2D eigenvalue weighted by atomic mass is 16.5. The SMILES string of the molecule is COC(=O)C(C)(CN1CCC2CCCCC2C1)NC(C)C. The highest BCUT2D eigenvalue weighted by molar-refractivity contribution is 5.80. The fourth-order valence-electron chi connectivity index (χ4n) is 4.30. The molecule has 1 saturated carbocycles. The molecular formula is C17H32N2O2. The summed E-state index contributed by atoms with van der Waals surface area (Å²) in [6.45, 7) is 9.15. The third-order valence-electron chi connectivity index (χ3n) is 5.16. The van der Waals surface area contributed by atoms with Crippen molar-refractivity contribution in [3.05, 3.63) is 0 Å². The van der Waals surface area contributed by atoms with E-state index in [0.29, 0.717) is 0 Å². The monoisotopic (exact) mass is 296 g/mol. The molecule has 0 radical (unpaired) electrons. The van der Waals surface area contributed by atoms with Gasteiger partial charge in [-0.3, -0.25) is 10.1 Å². The number of hydrogen-bond acceptors (Lipinski definition) is 4. The van der Waals surface area contributed by atoms with Crippen LogP contribution in [0.25, 0.3) is 0 Å². The minimum absolute atomic E-state index is 0.151. The van der Waals surface area contributed by atoms with Crippen molar-refractivity contribution < 1.29 is 9.53 Å². The first-order valence-corrected chi connectivity index (χ1v) is 8.53. The maximum Gasteiger partial charge on any atom is 0.327 e. The van der Waals surface area contributed by atoms with Crippen molar-refractivity contribution in [2.24, 2.45) is 11.8 Å². The molecule has 21 heavy (non-hydrogen) atoms. The molecule has 0 aromatic heterocycles.